The average Bonchev–Trinajstić information content (AvgIpc) is 2.37. The van der Waals surface area contributed by atoms with Gasteiger partial charge in [0.1, 0.15) is 12.4 Å². The van der Waals surface area contributed by atoms with Crippen molar-refractivity contribution in [3.05, 3.63) is 40.9 Å². The first-order chi connectivity index (χ1) is 9.44. The lowest BCUT2D eigenvalue weighted by Gasteiger charge is -2.10. The second kappa shape index (κ2) is 6.45. The van der Waals surface area contributed by atoms with Gasteiger partial charge in [-0.1, -0.05) is 28.1 Å². The van der Waals surface area contributed by atoms with E-state index in [0.29, 0.717) is 5.75 Å². The lowest BCUT2D eigenvalue weighted by Crippen LogP contribution is -2.31. The van der Waals surface area contributed by atoms with Crippen molar-refractivity contribution in [2.24, 2.45) is 0 Å². The number of hydrogen-bond donors (Lipinski definition) is 1. The molecule has 0 aliphatic rings. The Kier molecular flexibility index (Phi) is 4.88. The van der Waals surface area contributed by atoms with Crippen LogP contribution in [0, 0.1) is 0 Å². The predicted molar refractivity (Wildman–Crippen MR) is 76.1 cm³/mol. The van der Waals surface area contributed by atoms with Gasteiger partial charge in [0.25, 0.3) is 0 Å². The van der Waals surface area contributed by atoms with Gasteiger partial charge in [0.15, 0.2) is 0 Å². The molecule has 0 spiro atoms. The maximum Gasteiger partial charge on any atom is 0.401 e. The highest BCUT2D eigenvalue weighted by atomic mass is 79.9. The van der Waals surface area contributed by atoms with Crippen LogP contribution in [0.5, 0.6) is 5.75 Å². The van der Waals surface area contributed by atoms with Crippen LogP contribution >= 0.6 is 15.9 Å². The van der Waals surface area contributed by atoms with E-state index in [0.717, 1.165) is 15.2 Å². The minimum Gasteiger partial charge on any atom is -0.492 e. The highest BCUT2D eigenvalue weighted by Crippen LogP contribution is 2.24. The molecule has 0 unspecified atom stereocenters. The summed E-state index contributed by atoms with van der Waals surface area (Å²) in [6.07, 6.45) is -4.18. The normalized spacial score (nSPS) is 11.8. The largest absolute Gasteiger partial charge is 0.492 e. The fourth-order valence-corrected chi connectivity index (χ4v) is 2.13. The molecule has 0 aliphatic heterocycles. The molecular weight excluding hydrogens is 335 g/mol. The number of rotatable bonds is 5. The molecule has 0 aliphatic carbocycles. The van der Waals surface area contributed by atoms with Crippen molar-refractivity contribution in [2.75, 3.05) is 19.7 Å². The van der Waals surface area contributed by atoms with Crippen LogP contribution < -0.4 is 10.1 Å². The topological polar surface area (TPSA) is 21.3 Å². The van der Waals surface area contributed by atoms with E-state index in [1.165, 1.54) is 0 Å². The van der Waals surface area contributed by atoms with Gasteiger partial charge in [-0.05, 0) is 35.0 Å². The maximum atomic E-state index is 11.9. The molecule has 20 heavy (non-hydrogen) atoms. The molecule has 0 bridgehead atoms. The number of alkyl halides is 3. The number of halogens is 4. The van der Waals surface area contributed by atoms with E-state index in [1.54, 1.807) is 6.07 Å². The van der Waals surface area contributed by atoms with Crippen molar-refractivity contribution in [3.8, 4) is 5.75 Å². The quantitative estimate of drug-likeness (QED) is 0.821. The molecule has 0 aromatic heterocycles. The van der Waals surface area contributed by atoms with Crippen molar-refractivity contribution in [2.45, 2.75) is 6.18 Å². The lowest BCUT2D eigenvalue weighted by molar-refractivity contribution is -0.124. The van der Waals surface area contributed by atoms with Gasteiger partial charge >= 0.3 is 6.18 Å². The Bertz CT molecular complexity index is 586. The molecule has 0 saturated carbocycles. The van der Waals surface area contributed by atoms with Crippen LogP contribution in [0.4, 0.5) is 13.2 Å². The Labute approximate surface area is 123 Å². The van der Waals surface area contributed by atoms with Crippen molar-refractivity contribution in [3.63, 3.8) is 0 Å². The Balaban J connectivity index is 1.86. The second-order valence-corrected chi connectivity index (χ2v) is 5.21. The number of fused-ring (bicyclic) bond motifs is 1. The van der Waals surface area contributed by atoms with E-state index in [9.17, 15) is 13.2 Å². The molecule has 2 aromatic rings. The predicted octanol–water partition coefficient (Wildman–Crippen LogP) is 4.13. The van der Waals surface area contributed by atoms with Crippen LogP contribution in [-0.4, -0.2) is 25.9 Å². The van der Waals surface area contributed by atoms with Gasteiger partial charge in [-0.25, -0.2) is 0 Å². The minimum atomic E-state index is -4.18. The standard InChI is InChI=1S/C14H13BrF3NO/c15-12-3-1-11-8-13(4-2-10(11)7-12)20-6-5-19-9-14(16,17)18/h1-4,7-8,19H,5-6,9H2. The zero-order valence-electron chi connectivity index (χ0n) is 10.5. The highest BCUT2D eigenvalue weighted by molar-refractivity contribution is 9.10. The molecule has 0 amide bonds. The van der Waals surface area contributed by atoms with Crippen LogP contribution in [0.25, 0.3) is 10.8 Å². The molecule has 0 atom stereocenters. The number of nitrogens with one attached hydrogen (secondary N) is 1. The van der Waals surface area contributed by atoms with Crippen molar-refractivity contribution in [1.82, 2.24) is 5.32 Å². The van der Waals surface area contributed by atoms with Gasteiger partial charge in [-0.3, -0.25) is 0 Å². The summed E-state index contributed by atoms with van der Waals surface area (Å²) in [6.45, 7) is -0.655. The Morgan fingerprint density at radius 1 is 1.05 bits per heavy atom. The van der Waals surface area contributed by atoms with Crippen LogP contribution in [0.15, 0.2) is 40.9 Å². The smallest absolute Gasteiger partial charge is 0.401 e. The van der Waals surface area contributed by atoms with Gasteiger partial charge in [0.05, 0.1) is 6.54 Å². The molecular formula is C14H13BrF3NO. The third-order valence-electron chi connectivity index (χ3n) is 2.65. The fraction of sp³-hybridized carbons (Fsp3) is 0.286. The fourth-order valence-electron chi connectivity index (χ4n) is 1.76. The Morgan fingerprint density at radius 2 is 1.75 bits per heavy atom. The van der Waals surface area contributed by atoms with Crippen LogP contribution in [0.1, 0.15) is 0 Å². The molecule has 1 N–H and O–H groups in total. The first kappa shape index (κ1) is 15.1. The number of benzene rings is 2. The molecule has 2 aromatic carbocycles. The summed E-state index contributed by atoms with van der Waals surface area (Å²) in [4.78, 5) is 0. The first-order valence-corrected chi connectivity index (χ1v) is 6.83. The second-order valence-electron chi connectivity index (χ2n) is 4.29. The number of hydrogen-bond acceptors (Lipinski definition) is 2. The van der Waals surface area contributed by atoms with Crippen LogP contribution in [-0.2, 0) is 0 Å². The molecule has 0 radical (unpaired) electrons. The van der Waals surface area contributed by atoms with Gasteiger partial charge in [0.2, 0.25) is 0 Å². The van der Waals surface area contributed by atoms with E-state index in [1.807, 2.05) is 30.3 Å². The SMILES string of the molecule is FC(F)(F)CNCCOc1ccc2cc(Br)ccc2c1. The summed E-state index contributed by atoms with van der Waals surface area (Å²) in [5, 5.41) is 4.38. The summed E-state index contributed by atoms with van der Waals surface area (Å²) >= 11 is 3.39. The van der Waals surface area contributed by atoms with Crippen molar-refractivity contribution >= 4 is 26.7 Å². The van der Waals surface area contributed by atoms with Crippen LogP contribution in [0.3, 0.4) is 0 Å². The van der Waals surface area contributed by atoms with Crippen LogP contribution in [0.2, 0.25) is 0 Å². The van der Waals surface area contributed by atoms with E-state index < -0.39 is 12.7 Å². The third kappa shape index (κ3) is 4.68. The van der Waals surface area contributed by atoms with E-state index in [-0.39, 0.29) is 13.2 Å². The van der Waals surface area contributed by atoms with Gasteiger partial charge in [-0.15, -0.1) is 0 Å². The summed E-state index contributed by atoms with van der Waals surface area (Å²) in [7, 11) is 0. The summed E-state index contributed by atoms with van der Waals surface area (Å²) in [6, 6.07) is 11.5. The monoisotopic (exact) mass is 347 g/mol. The van der Waals surface area contributed by atoms with Crippen molar-refractivity contribution in [1.29, 1.82) is 0 Å². The van der Waals surface area contributed by atoms with E-state index in [4.69, 9.17) is 4.74 Å². The molecule has 6 heteroatoms. The van der Waals surface area contributed by atoms with Gasteiger partial charge in [0, 0.05) is 11.0 Å². The van der Waals surface area contributed by atoms with Crippen molar-refractivity contribution < 1.29 is 17.9 Å². The van der Waals surface area contributed by atoms with Gasteiger partial charge in [-0.2, -0.15) is 13.2 Å². The molecule has 2 rings (SSSR count). The van der Waals surface area contributed by atoms with E-state index in [2.05, 4.69) is 21.2 Å². The Hall–Kier alpha value is -1.27. The number of ether oxygens (including phenoxy) is 1. The third-order valence-corrected chi connectivity index (χ3v) is 3.14. The Morgan fingerprint density at radius 3 is 2.50 bits per heavy atom. The van der Waals surface area contributed by atoms with E-state index >= 15 is 0 Å². The molecule has 0 heterocycles. The zero-order chi connectivity index (χ0) is 14.6. The molecule has 2 nitrogen and oxygen atoms in total. The summed E-state index contributed by atoms with van der Waals surface area (Å²) in [5.41, 5.74) is 0. The summed E-state index contributed by atoms with van der Waals surface area (Å²) in [5.74, 6) is 0.647. The highest BCUT2D eigenvalue weighted by Gasteiger charge is 2.25. The summed E-state index contributed by atoms with van der Waals surface area (Å²) < 4.78 is 42.1. The molecule has 0 fully saturated rings. The minimum absolute atomic E-state index is 0.151. The molecule has 0 saturated heterocycles. The maximum absolute atomic E-state index is 11.9. The molecule has 108 valence electrons. The average molecular weight is 348 g/mol. The van der Waals surface area contributed by atoms with Gasteiger partial charge < -0.3 is 10.1 Å². The first-order valence-electron chi connectivity index (χ1n) is 6.04. The lowest BCUT2D eigenvalue weighted by atomic mass is 10.1. The zero-order valence-corrected chi connectivity index (χ0v) is 12.1.